The van der Waals surface area contributed by atoms with E-state index < -0.39 is 17.5 Å². The van der Waals surface area contributed by atoms with Gasteiger partial charge in [0.2, 0.25) is 0 Å². The fourth-order valence-electron chi connectivity index (χ4n) is 3.76. The third-order valence-corrected chi connectivity index (χ3v) is 5.48. The lowest BCUT2D eigenvalue weighted by Crippen LogP contribution is -2.42. The first kappa shape index (κ1) is 24.0. The van der Waals surface area contributed by atoms with Crippen LogP contribution in [0, 0.1) is 5.92 Å². The predicted molar refractivity (Wildman–Crippen MR) is 104 cm³/mol. The first-order chi connectivity index (χ1) is 12.8. The van der Waals surface area contributed by atoms with Crippen LogP contribution in [0.1, 0.15) is 76.3 Å². The summed E-state index contributed by atoms with van der Waals surface area (Å²) in [5.41, 5.74) is 0.268. The maximum Gasteiger partial charge on any atom is 0.416 e. The number of ether oxygens (including phenoxy) is 2. The summed E-state index contributed by atoms with van der Waals surface area (Å²) in [6.45, 7) is 4.22. The van der Waals surface area contributed by atoms with Crippen LogP contribution in [0.2, 0.25) is 0 Å². The molecule has 156 valence electrons. The quantitative estimate of drug-likeness (QED) is 0.267. The number of benzene rings is 1. The van der Waals surface area contributed by atoms with Crippen LogP contribution in [0.5, 0.6) is 0 Å². The summed E-state index contributed by atoms with van der Waals surface area (Å²) < 4.78 is 49.9. The fourth-order valence-corrected chi connectivity index (χ4v) is 3.76. The maximum absolute atomic E-state index is 12.8. The van der Waals surface area contributed by atoms with Crippen molar-refractivity contribution in [1.29, 1.82) is 0 Å². The zero-order valence-corrected chi connectivity index (χ0v) is 17.2. The molecule has 0 N–H and O–H groups in total. The fraction of sp³-hybridized carbons (Fsp3) is 0.727. The van der Waals surface area contributed by atoms with Crippen molar-refractivity contribution in [3.63, 3.8) is 0 Å². The largest absolute Gasteiger partial charge is 0.416 e. The second-order valence-electron chi connectivity index (χ2n) is 7.23. The number of hydrogen-bond acceptors (Lipinski definition) is 2. The van der Waals surface area contributed by atoms with Gasteiger partial charge in [-0.3, -0.25) is 0 Å². The molecule has 0 amide bonds. The van der Waals surface area contributed by atoms with E-state index in [0.29, 0.717) is 12.8 Å². The zero-order valence-electron chi connectivity index (χ0n) is 17.2. The van der Waals surface area contributed by atoms with Crippen molar-refractivity contribution in [1.82, 2.24) is 0 Å². The molecule has 0 aliphatic rings. The number of hydrogen-bond donors (Lipinski definition) is 0. The molecular formula is C22H35F3O2. The van der Waals surface area contributed by atoms with E-state index in [4.69, 9.17) is 9.47 Å². The van der Waals surface area contributed by atoms with Gasteiger partial charge < -0.3 is 9.47 Å². The van der Waals surface area contributed by atoms with E-state index in [2.05, 4.69) is 6.92 Å². The summed E-state index contributed by atoms with van der Waals surface area (Å²) in [6.07, 6.45) is 5.18. The molecule has 0 spiro atoms. The van der Waals surface area contributed by atoms with Gasteiger partial charge in [0, 0.05) is 20.1 Å². The van der Waals surface area contributed by atoms with Crippen LogP contribution in [0.25, 0.3) is 0 Å². The average molecular weight is 389 g/mol. The Morgan fingerprint density at radius 3 is 1.89 bits per heavy atom. The Labute approximate surface area is 162 Å². The number of methoxy groups -OCH3 is 2. The first-order valence-corrected chi connectivity index (χ1v) is 10.1. The highest BCUT2D eigenvalue weighted by Gasteiger charge is 2.37. The summed E-state index contributed by atoms with van der Waals surface area (Å²) in [5, 5.41) is 0. The van der Waals surface area contributed by atoms with Gasteiger partial charge in [0.05, 0.1) is 5.56 Å². The zero-order chi connectivity index (χ0) is 20.3. The van der Waals surface area contributed by atoms with Crippen LogP contribution in [0.3, 0.4) is 0 Å². The van der Waals surface area contributed by atoms with Gasteiger partial charge in [-0.15, -0.1) is 0 Å². The Bertz CT molecular complexity index is 499. The Kier molecular flexibility index (Phi) is 10.4. The van der Waals surface area contributed by atoms with E-state index >= 15 is 0 Å². The molecule has 0 aromatic heterocycles. The molecule has 0 aliphatic heterocycles. The smallest absolute Gasteiger partial charge is 0.353 e. The van der Waals surface area contributed by atoms with E-state index in [1.54, 1.807) is 26.4 Å². The summed E-state index contributed by atoms with van der Waals surface area (Å²) in [4.78, 5) is 0. The van der Waals surface area contributed by atoms with Gasteiger partial charge in [-0.25, -0.2) is 0 Å². The van der Waals surface area contributed by atoms with Gasteiger partial charge in [0.25, 0.3) is 0 Å². The monoisotopic (exact) mass is 388 g/mol. The van der Waals surface area contributed by atoms with Gasteiger partial charge in [0.15, 0.2) is 5.79 Å². The van der Waals surface area contributed by atoms with E-state index in [1.807, 2.05) is 6.92 Å². The van der Waals surface area contributed by atoms with Gasteiger partial charge >= 0.3 is 6.18 Å². The van der Waals surface area contributed by atoms with Gasteiger partial charge in [-0.05, 0) is 37.0 Å². The van der Waals surface area contributed by atoms with Crippen molar-refractivity contribution < 1.29 is 22.6 Å². The Hall–Kier alpha value is -1.07. The van der Waals surface area contributed by atoms with Gasteiger partial charge in [-0.2, -0.15) is 13.2 Å². The molecule has 0 heterocycles. The van der Waals surface area contributed by atoms with Gasteiger partial charge in [-0.1, -0.05) is 64.5 Å². The average Bonchev–Trinajstić information content (AvgIpc) is 2.65. The molecule has 0 saturated carbocycles. The highest BCUT2D eigenvalue weighted by atomic mass is 19.4. The molecule has 1 unspecified atom stereocenters. The SMILES string of the molecule is CCCCCCCCC(Cc1ccc(C(F)(F)F)cc1)C(CC)(OC)OC. The maximum atomic E-state index is 12.8. The number of rotatable bonds is 13. The molecule has 1 aromatic rings. The second-order valence-corrected chi connectivity index (χ2v) is 7.23. The van der Waals surface area contributed by atoms with Crippen LogP contribution in [-0.2, 0) is 22.1 Å². The van der Waals surface area contributed by atoms with E-state index in [0.717, 1.165) is 37.0 Å². The molecule has 1 atom stereocenters. The molecule has 0 bridgehead atoms. The molecule has 2 nitrogen and oxygen atoms in total. The van der Waals surface area contributed by atoms with Crippen LogP contribution in [0.4, 0.5) is 13.2 Å². The minimum absolute atomic E-state index is 0.0976. The molecule has 1 rings (SSSR count). The van der Waals surface area contributed by atoms with E-state index in [1.165, 1.54) is 25.7 Å². The van der Waals surface area contributed by atoms with Gasteiger partial charge in [0.1, 0.15) is 0 Å². The molecule has 0 aliphatic carbocycles. The number of unbranched alkanes of at least 4 members (excludes halogenated alkanes) is 5. The minimum atomic E-state index is -4.30. The lowest BCUT2D eigenvalue weighted by molar-refractivity contribution is -0.243. The Balaban J connectivity index is 2.81. The molecule has 0 fully saturated rings. The standard InChI is InChI=1S/C22H35F3O2/c1-5-7-8-9-10-11-12-20(21(6-2,26-3)27-4)17-18-13-15-19(16-14-18)22(23,24)25/h13-16,20H,5-12,17H2,1-4H3. The van der Waals surface area contributed by atoms with Crippen molar-refractivity contribution in [3.8, 4) is 0 Å². The molecular weight excluding hydrogens is 353 g/mol. The first-order valence-electron chi connectivity index (χ1n) is 10.1. The highest BCUT2D eigenvalue weighted by molar-refractivity contribution is 5.25. The Morgan fingerprint density at radius 1 is 0.852 bits per heavy atom. The Morgan fingerprint density at radius 2 is 1.41 bits per heavy atom. The van der Waals surface area contributed by atoms with Crippen LogP contribution >= 0.6 is 0 Å². The van der Waals surface area contributed by atoms with E-state index in [-0.39, 0.29) is 5.92 Å². The third kappa shape index (κ3) is 7.46. The minimum Gasteiger partial charge on any atom is -0.353 e. The molecule has 0 radical (unpaired) electrons. The normalized spacial score (nSPS) is 13.7. The second kappa shape index (κ2) is 11.7. The topological polar surface area (TPSA) is 18.5 Å². The van der Waals surface area contributed by atoms with Crippen molar-refractivity contribution in [3.05, 3.63) is 35.4 Å². The molecule has 5 heteroatoms. The van der Waals surface area contributed by atoms with Crippen molar-refractivity contribution in [2.24, 2.45) is 5.92 Å². The highest BCUT2D eigenvalue weighted by Crippen LogP contribution is 2.35. The van der Waals surface area contributed by atoms with Crippen LogP contribution in [-0.4, -0.2) is 20.0 Å². The van der Waals surface area contributed by atoms with E-state index in [9.17, 15) is 13.2 Å². The summed E-state index contributed by atoms with van der Waals surface area (Å²) in [7, 11) is 3.29. The molecule has 1 aromatic carbocycles. The third-order valence-electron chi connectivity index (χ3n) is 5.48. The molecule has 27 heavy (non-hydrogen) atoms. The number of halogens is 3. The van der Waals surface area contributed by atoms with Crippen LogP contribution in [0.15, 0.2) is 24.3 Å². The molecule has 0 saturated heterocycles. The predicted octanol–water partition coefficient (Wildman–Crippen LogP) is 7.01. The summed E-state index contributed by atoms with van der Waals surface area (Å²) >= 11 is 0. The number of alkyl halides is 3. The van der Waals surface area contributed by atoms with Crippen molar-refractivity contribution in [2.45, 2.75) is 83.6 Å². The van der Waals surface area contributed by atoms with Crippen LogP contribution < -0.4 is 0 Å². The summed E-state index contributed by atoms with van der Waals surface area (Å²) in [6, 6.07) is 5.46. The lowest BCUT2D eigenvalue weighted by atomic mass is 9.84. The van der Waals surface area contributed by atoms with Crippen molar-refractivity contribution in [2.75, 3.05) is 14.2 Å². The summed E-state index contributed by atoms with van der Waals surface area (Å²) in [5.74, 6) is -0.605. The lowest BCUT2D eigenvalue weighted by Gasteiger charge is -2.38. The van der Waals surface area contributed by atoms with Crippen molar-refractivity contribution >= 4 is 0 Å².